The Morgan fingerprint density at radius 3 is 2.43 bits per heavy atom. The minimum absolute atomic E-state index is 0.0516. The minimum atomic E-state index is -0.555. The van der Waals surface area contributed by atoms with E-state index in [1.165, 1.54) is 6.42 Å². The molecule has 0 aromatic heterocycles. The number of hydrogen-bond acceptors (Lipinski definition) is 1. The van der Waals surface area contributed by atoms with Gasteiger partial charge in [0.25, 0.3) is 0 Å². The van der Waals surface area contributed by atoms with Crippen LogP contribution in [0.5, 0.6) is 0 Å². The number of rotatable bonds is 1. The number of carboxylic acids is 1. The first kappa shape index (κ1) is 10.0. The standard InChI is InChI=1S/C12H20O2/c1-11(2)7-12(8-11)6-4-3-5-9(12)10(13)14/h9H,3-8H2,1-2H3,(H,13,14). The lowest BCUT2D eigenvalue weighted by Gasteiger charge is -2.58. The summed E-state index contributed by atoms with van der Waals surface area (Å²) in [6, 6.07) is 0. The van der Waals surface area contributed by atoms with Gasteiger partial charge in [-0.3, -0.25) is 4.79 Å². The van der Waals surface area contributed by atoms with E-state index in [1.807, 2.05) is 0 Å². The molecule has 1 atom stereocenters. The molecule has 2 rings (SSSR count). The molecule has 0 aromatic carbocycles. The Hall–Kier alpha value is -0.530. The van der Waals surface area contributed by atoms with Crippen molar-refractivity contribution in [1.29, 1.82) is 0 Å². The van der Waals surface area contributed by atoms with Crippen molar-refractivity contribution in [1.82, 2.24) is 0 Å². The lowest BCUT2D eigenvalue weighted by atomic mass is 9.46. The van der Waals surface area contributed by atoms with E-state index >= 15 is 0 Å². The highest BCUT2D eigenvalue weighted by Crippen LogP contribution is 2.63. The third-order valence-corrected chi connectivity index (χ3v) is 4.12. The topological polar surface area (TPSA) is 37.3 Å². The maximum atomic E-state index is 11.2. The van der Waals surface area contributed by atoms with Crippen molar-refractivity contribution in [3.63, 3.8) is 0 Å². The molecule has 0 radical (unpaired) electrons. The fourth-order valence-electron chi connectivity index (χ4n) is 3.97. The molecule has 80 valence electrons. The van der Waals surface area contributed by atoms with Gasteiger partial charge < -0.3 is 5.11 Å². The normalized spacial score (nSPS) is 33.7. The van der Waals surface area contributed by atoms with Gasteiger partial charge in [-0.15, -0.1) is 0 Å². The van der Waals surface area contributed by atoms with E-state index < -0.39 is 5.97 Å². The van der Waals surface area contributed by atoms with Crippen molar-refractivity contribution in [3.05, 3.63) is 0 Å². The van der Waals surface area contributed by atoms with E-state index in [9.17, 15) is 9.90 Å². The SMILES string of the molecule is CC1(C)CC2(CCCCC2C(=O)O)C1. The fourth-order valence-corrected chi connectivity index (χ4v) is 3.97. The van der Waals surface area contributed by atoms with Gasteiger partial charge in [-0.1, -0.05) is 26.7 Å². The van der Waals surface area contributed by atoms with Crippen LogP contribution in [0.3, 0.4) is 0 Å². The molecule has 0 aliphatic heterocycles. The summed E-state index contributed by atoms with van der Waals surface area (Å²) in [5, 5.41) is 9.21. The molecule has 14 heavy (non-hydrogen) atoms. The first-order valence-electron chi connectivity index (χ1n) is 5.68. The van der Waals surface area contributed by atoms with Crippen LogP contribution >= 0.6 is 0 Å². The second kappa shape index (κ2) is 2.98. The number of hydrogen-bond donors (Lipinski definition) is 1. The summed E-state index contributed by atoms with van der Waals surface area (Å²) < 4.78 is 0. The molecule has 1 N–H and O–H groups in total. The first-order valence-corrected chi connectivity index (χ1v) is 5.68. The van der Waals surface area contributed by atoms with Crippen molar-refractivity contribution in [3.8, 4) is 0 Å². The van der Waals surface area contributed by atoms with Gasteiger partial charge in [-0.2, -0.15) is 0 Å². The zero-order chi connectivity index (χ0) is 10.4. The monoisotopic (exact) mass is 196 g/mol. The van der Waals surface area contributed by atoms with Gasteiger partial charge in [0, 0.05) is 0 Å². The molecule has 2 nitrogen and oxygen atoms in total. The van der Waals surface area contributed by atoms with Crippen LogP contribution in [0.25, 0.3) is 0 Å². The van der Waals surface area contributed by atoms with Gasteiger partial charge >= 0.3 is 5.97 Å². The third kappa shape index (κ3) is 1.45. The Labute approximate surface area is 85.7 Å². The lowest BCUT2D eigenvalue weighted by molar-refractivity contribution is -0.161. The summed E-state index contributed by atoms with van der Waals surface area (Å²) in [5.74, 6) is -0.607. The fraction of sp³-hybridized carbons (Fsp3) is 0.917. The molecule has 2 aliphatic carbocycles. The molecule has 2 fully saturated rings. The molecule has 0 bridgehead atoms. The predicted octanol–water partition coefficient (Wildman–Crippen LogP) is 3.07. The molecular formula is C12H20O2. The molecule has 2 heteroatoms. The Morgan fingerprint density at radius 2 is 1.93 bits per heavy atom. The van der Waals surface area contributed by atoms with Crippen molar-refractivity contribution in [2.75, 3.05) is 0 Å². The van der Waals surface area contributed by atoms with Crippen LogP contribution in [0.15, 0.2) is 0 Å². The predicted molar refractivity (Wildman–Crippen MR) is 55.0 cm³/mol. The molecular weight excluding hydrogens is 176 g/mol. The highest BCUT2D eigenvalue weighted by Gasteiger charge is 2.56. The van der Waals surface area contributed by atoms with Crippen molar-refractivity contribution in [2.24, 2.45) is 16.7 Å². The van der Waals surface area contributed by atoms with Gasteiger partial charge in [0.05, 0.1) is 5.92 Å². The Kier molecular flexibility index (Phi) is 2.13. The highest BCUT2D eigenvalue weighted by atomic mass is 16.4. The van der Waals surface area contributed by atoms with Crippen LogP contribution in [-0.2, 0) is 4.79 Å². The van der Waals surface area contributed by atoms with Gasteiger partial charge in [0.15, 0.2) is 0 Å². The molecule has 0 saturated heterocycles. The van der Waals surface area contributed by atoms with Crippen molar-refractivity contribution >= 4 is 5.97 Å². The van der Waals surface area contributed by atoms with Gasteiger partial charge in [0.2, 0.25) is 0 Å². The Morgan fingerprint density at radius 1 is 1.29 bits per heavy atom. The van der Waals surface area contributed by atoms with Crippen molar-refractivity contribution in [2.45, 2.75) is 52.4 Å². The molecule has 0 amide bonds. The smallest absolute Gasteiger partial charge is 0.307 e. The summed E-state index contributed by atoms with van der Waals surface area (Å²) in [6.45, 7) is 4.51. The van der Waals surface area contributed by atoms with E-state index in [-0.39, 0.29) is 11.3 Å². The third-order valence-electron chi connectivity index (χ3n) is 4.12. The molecule has 2 aliphatic rings. The minimum Gasteiger partial charge on any atom is -0.481 e. The summed E-state index contributed by atoms with van der Waals surface area (Å²) in [7, 11) is 0. The van der Waals surface area contributed by atoms with Gasteiger partial charge in [-0.05, 0) is 36.5 Å². The summed E-state index contributed by atoms with van der Waals surface area (Å²) in [4.78, 5) is 11.2. The van der Waals surface area contributed by atoms with E-state index in [0.717, 1.165) is 32.1 Å². The van der Waals surface area contributed by atoms with Crippen LogP contribution in [0, 0.1) is 16.7 Å². The second-order valence-corrected chi connectivity index (χ2v) is 6.02. The number of carboxylic acid groups (broad SMARTS) is 1. The zero-order valence-corrected chi connectivity index (χ0v) is 9.18. The van der Waals surface area contributed by atoms with E-state index in [2.05, 4.69) is 13.8 Å². The zero-order valence-electron chi connectivity index (χ0n) is 9.18. The van der Waals surface area contributed by atoms with Crippen LogP contribution < -0.4 is 0 Å². The largest absolute Gasteiger partial charge is 0.481 e. The van der Waals surface area contributed by atoms with Crippen LogP contribution in [0.1, 0.15) is 52.4 Å². The lowest BCUT2D eigenvalue weighted by Crippen LogP contribution is -2.51. The maximum absolute atomic E-state index is 11.2. The second-order valence-electron chi connectivity index (χ2n) is 6.02. The highest BCUT2D eigenvalue weighted by molar-refractivity contribution is 5.71. The summed E-state index contributed by atoms with van der Waals surface area (Å²) in [5.41, 5.74) is 0.568. The maximum Gasteiger partial charge on any atom is 0.307 e. The van der Waals surface area contributed by atoms with Crippen LogP contribution in [0.4, 0.5) is 0 Å². The molecule has 0 aromatic rings. The Bertz CT molecular complexity index is 247. The molecule has 0 heterocycles. The number of carbonyl (C=O) groups is 1. The van der Waals surface area contributed by atoms with E-state index in [1.54, 1.807) is 0 Å². The van der Waals surface area contributed by atoms with Crippen LogP contribution in [-0.4, -0.2) is 11.1 Å². The summed E-state index contributed by atoms with van der Waals surface area (Å²) >= 11 is 0. The van der Waals surface area contributed by atoms with Gasteiger partial charge in [-0.25, -0.2) is 0 Å². The summed E-state index contributed by atoms with van der Waals surface area (Å²) in [6.07, 6.45) is 6.64. The molecule has 2 saturated carbocycles. The molecule has 1 spiro atoms. The average Bonchev–Trinajstić information content (AvgIpc) is 2.00. The van der Waals surface area contributed by atoms with E-state index in [4.69, 9.17) is 0 Å². The van der Waals surface area contributed by atoms with Crippen LogP contribution in [0.2, 0.25) is 0 Å². The Balaban J connectivity index is 2.12. The number of aliphatic carboxylic acids is 1. The quantitative estimate of drug-likeness (QED) is 0.699. The van der Waals surface area contributed by atoms with E-state index in [0.29, 0.717) is 5.41 Å². The average molecular weight is 196 g/mol. The first-order chi connectivity index (χ1) is 6.45. The molecule has 1 unspecified atom stereocenters. The van der Waals surface area contributed by atoms with Gasteiger partial charge in [0.1, 0.15) is 0 Å². The van der Waals surface area contributed by atoms with Crippen molar-refractivity contribution < 1.29 is 9.90 Å².